The van der Waals surface area contributed by atoms with Crippen molar-refractivity contribution in [2.75, 3.05) is 52.9 Å². The summed E-state index contributed by atoms with van der Waals surface area (Å²) in [5.41, 5.74) is 9.61. The highest BCUT2D eigenvalue weighted by molar-refractivity contribution is 6.16. The summed E-state index contributed by atoms with van der Waals surface area (Å²) in [6.45, 7) is 22.0. The molecule has 2 aliphatic rings. The summed E-state index contributed by atoms with van der Waals surface area (Å²) in [6, 6.07) is 25.1. The van der Waals surface area contributed by atoms with Crippen molar-refractivity contribution in [1.29, 1.82) is 0 Å². The van der Waals surface area contributed by atoms with Gasteiger partial charge in [-0.25, -0.2) is 9.97 Å². The standard InChI is InChI=1S/C68H86N4O8/c1-9-17-33-73-53-25-26-54(74-34-18-10-2)62-46-42-48-64-56(76-36-20-12-4)29-30-58(78-38-22-14-6)66(64)50(71-48)44-52-68-60(80-40-24-16-8)32-31-59(79-39-23-15-7)67(68)51(72-52)43-49-65-57(77-37-21-13-5)28-27-55(75-35-19-11-3)63(65)47(70-49)41-45(69-46)61(53)62/h25-32,41-44,69,72H,9-24,33-40H2,1-8H3. The highest BCUT2D eigenvalue weighted by Crippen LogP contribution is 2.52. The fourth-order valence-corrected chi connectivity index (χ4v) is 10.3. The van der Waals surface area contributed by atoms with E-state index in [1.54, 1.807) is 0 Å². The third-order valence-electron chi connectivity index (χ3n) is 14.8. The molecule has 0 saturated carbocycles. The fraction of sp³-hybridized carbons (Fsp3) is 0.471. The molecule has 4 aromatic carbocycles. The molecule has 0 fully saturated rings. The molecule has 8 bridgehead atoms. The van der Waals surface area contributed by atoms with Crippen LogP contribution in [0.4, 0.5) is 0 Å². The molecule has 2 aliphatic heterocycles. The van der Waals surface area contributed by atoms with Crippen LogP contribution in [0.15, 0.2) is 72.8 Å². The molecule has 9 rings (SSSR count). The Morgan fingerprint density at radius 3 is 0.625 bits per heavy atom. The maximum absolute atomic E-state index is 6.79. The quantitative estimate of drug-likeness (QED) is 0.0393. The van der Waals surface area contributed by atoms with Crippen LogP contribution in [0.5, 0.6) is 46.0 Å². The molecule has 0 saturated heterocycles. The van der Waals surface area contributed by atoms with E-state index in [1.165, 1.54) is 0 Å². The monoisotopic (exact) mass is 1090 g/mol. The number of aromatic amines is 2. The first-order valence-electron chi connectivity index (χ1n) is 30.4. The van der Waals surface area contributed by atoms with Crippen LogP contribution in [-0.4, -0.2) is 72.8 Å². The third-order valence-corrected chi connectivity index (χ3v) is 14.8. The SMILES string of the molecule is CCCCOc1ccc(OCCCC)c2c1-c1cc3[nH]c(cc4nc(cc5[nH]c(cc-2n1)c1c(OCCCC)ccc(OCCCC)c51)-c1c(OCCCC)ccc(OCCCC)c1-4)c1c(OCCCC)ccc(OCCCC)c31. The van der Waals surface area contributed by atoms with Crippen molar-refractivity contribution in [3.8, 4) is 91.0 Å². The lowest BCUT2D eigenvalue weighted by Gasteiger charge is -2.15. The smallest absolute Gasteiger partial charge is 0.129 e. The Hall–Kier alpha value is -7.08. The van der Waals surface area contributed by atoms with Gasteiger partial charge in [-0.2, -0.15) is 0 Å². The van der Waals surface area contributed by atoms with Crippen LogP contribution in [0.25, 0.3) is 88.6 Å². The zero-order chi connectivity index (χ0) is 55.8. The van der Waals surface area contributed by atoms with Crippen molar-refractivity contribution in [1.82, 2.24) is 19.9 Å². The van der Waals surface area contributed by atoms with Crippen molar-refractivity contribution in [3.05, 3.63) is 72.8 Å². The predicted octanol–water partition coefficient (Wildman–Crippen LogP) is 18.7. The lowest BCUT2D eigenvalue weighted by molar-refractivity contribution is 0.303. The summed E-state index contributed by atoms with van der Waals surface area (Å²) in [6.07, 6.45) is 15.2. The normalized spacial score (nSPS) is 11.7. The van der Waals surface area contributed by atoms with Gasteiger partial charge in [0.15, 0.2) is 0 Å². The molecule has 0 spiro atoms. The van der Waals surface area contributed by atoms with Gasteiger partial charge in [0, 0.05) is 0 Å². The lowest BCUT2D eigenvalue weighted by atomic mass is 10.0. The number of aromatic nitrogens is 4. The topological polar surface area (TPSA) is 131 Å². The minimum absolute atomic E-state index is 0.557. The van der Waals surface area contributed by atoms with E-state index in [4.69, 9.17) is 47.9 Å². The summed E-state index contributed by atoms with van der Waals surface area (Å²) < 4.78 is 54.3. The van der Waals surface area contributed by atoms with Crippen LogP contribution in [0.1, 0.15) is 158 Å². The second-order valence-corrected chi connectivity index (χ2v) is 21.1. The third kappa shape index (κ3) is 12.7. The molecule has 7 aromatic rings. The number of fused-ring (bicyclic) bond motifs is 20. The van der Waals surface area contributed by atoms with Crippen LogP contribution in [0.3, 0.4) is 0 Å². The second-order valence-electron chi connectivity index (χ2n) is 21.1. The Kier molecular flexibility index (Phi) is 20.4. The molecule has 12 nitrogen and oxygen atoms in total. The number of nitrogens with zero attached hydrogens (tertiary/aromatic N) is 2. The molecule has 5 heterocycles. The maximum atomic E-state index is 6.79. The van der Waals surface area contributed by atoms with Crippen LogP contribution in [-0.2, 0) is 0 Å². The highest BCUT2D eigenvalue weighted by Gasteiger charge is 2.30. The molecule has 12 heteroatoms. The number of hydrogen-bond donors (Lipinski definition) is 2. The molecule has 0 atom stereocenters. The molecule has 426 valence electrons. The highest BCUT2D eigenvalue weighted by atomic mass is 16.5. The Labute approximate surface area is 474 Å². The summed E-state index contributed by atoms with van der Waals surface area (Å²) >= 11 is 0. The zero-order valence-corrected chi connectivity index (χ0v) is 49.1. The average Bonchev–Trinajstić information content (AvgIpc) is 4.37. The minimum atomic E-state index is 0.557. The first-order chi connectivity index (χ1) is 39.4. The van der Waals surface area contributed by atoms with Gasteiger partial charge in [0.1, 0.15) is 46.0 Å². The van der Waals surface area contributed by atoms with E-state index in [-0.39, 0.29) is 0 Å². The molecular formula is C68H86N4O8. The summed E-state index contributed by atoms with van der Waals surface area (Å²) in [7, 11) is 0. The summed E-state index contributed by atoms with van der Waals surface area (Å²) in [4.78, 5) is 19.3. The zero-order valence-electron chi connectivity index (χ0n) is 49.1. The van der Waals surface area contributed by atoms with Crippen molar-refractivity contribution in [2.24, 2.45) is 0 Å². The van der Waals surface area contributed by atoms with Gasteiger partial charge in [-0.05, 0) is 124 Å². The minimum Gasteiger partial charge on any atom is -0.493 e. The maximum Gasteiger partial charge on any atom is 0.129 e. The van der Waals surface area contributed by atoms with Crippen molar-refractivity contribution < 1.29 is 37.9 Å². The van der Waals surface area contributed by atoms with Gasteiger partial charge in [-0.3, -0.25) is 0 Å². The molecular weight excluding hydrogens is 1000 g/mol. The van der Waals surface area contributed by atoms with Crippen LogP contribution < -0.4 is 37.9 Å². The summed E-state index contributed by atoms with van der Waals surface area (Å²) in [5.74, 6) is 5.98. The van der Waals surface area contributed by atoms with E-state index >= 15 is 0 Å². The number of unbranched alkanes of at least 4 members (excludes halogenated alkanes) is 8. The number of hydrogen-bond acceptors (Lipinski definition) is 10. The fourth-order valence-electron chi connectivity index (χ4n) is 10.3. The number of H-pyrrole nitrogens is 2. The van der Waals surface area contributed by atoms with Gasteiger partial charge in [-0.1, -0.05) is 107 Å². The van der Waals surface area contributed by atoms with Gasteiger partial charge < -0.3 is 47.9 Å². The number of rotatable bonds is 32. The molecule has 80 heavy (non-hydrogen) atoms. The van der Waals surface area contributed by atoms with Crippen LogP contribution in [0.2, 0.25) is 0 Å². The Morgan fingerprint density at radius 2 is 0.438 bits per heavy atom. The van der Waals surface area contributed by atoms with E-state index in [9.17, 15) is 0 Å². The first kappa shape index (κ1) is 57.6. The Balaban J connectivity index is 1.51. The van der Waals surface area contributed by atoms with E-state index in [0.29, 0.717) is 52.9 Å². The van der Waals surface area contributed by atoms with E-state index in [1.807, 2.05) is 0 Å². The summed E-state index contributed by atoms with van der Waals surface area (Å²) in [5, 5.41) is 3.58. The Morgan fingerprint density at radius 1 is 0.263 bits per heavy atom. The van der Waals surface area contributed by atoms with Gasteiger partial charge in [0.2, 0.25) is 0 Å². The van der Waals surface area contributed by atoms with Gasteiger partial charge >= 0.3 is 0 Å². The largest absolute Gasteiger partial charge is 0.493 e. The molecule has 0 unspecified atom stereocenters. The molecule has 3 aromatic heterocycles. The van der Waals surface area contributed by atoms with Crippen LogP contribution >= 0.6 is 0 Å². The van der Waals surface area contributed by atoms with E-state index < -0.39 is 0 Å². The van der Waals surface area contributed by atoms with E-state index in [0.717, 1.165) is 237 Å². The van der Waals surface area contributed by atoms with Gasteiger partial charge in [0.25, 0.3) is 0 Å². The lowest BCUT2D eigenvalue weighted by Crippen LogP contribution is -2.01. The molecule has 0 aliphatic carbocycles. The first-order valence-corrected chi connectivity index (χ1v) is 30.4. The van der Waals surface area contributed by atoms with Gasteiger partial charge in [0.05, 0.1) is 141 Å². The molecule has 0 radical (unpaired) electrons. The predicted molar refractivity (Wildman–Crippen MR) is 328 cm³/mol. The van der Waals surface area contributed by atoms with E-state index in [2.05, 4.69) is 138 Å². The second kappa shape index (κ2) is 28.4. The number of nitrogens with one attached hydrogen (secondary N) is 2. The van der Waals surface area contributed by atoms with Crippen LogP contribution in [0, 0.1) is 0 Å². The van der Waals surface area contributed by atoms with Crippen molar-refractivity contribution >= 4 is 43.6 Å². The number of ether oxygens (including phenoxy) is 8. The van der Waals surface area contributed by atoms with Crippen molar-refractivity contribution in [3.63, 3.8) is 0 Å². The average molecular weight is 1090 g/mol. The molecule has 2 N–H and O–H groups in total. The molecule has 0 amide bonds. The van der Waals surface area contributed by atoms with Gasteiger partial charge in [-0.15, -0.1) is 0 Å². The van der Waals surface area contributed by atoms with Crippen molar-refractivity contribution in [2.45, 2.75) is 158 Å². The number of benzene rings is 4. The Bertz CT molecular complexity index is 2940.